The molecule has 1 aromatic heterocycles. The summed E-state index contributed by atoms with van der Waals surface area (Å²) in [6, 6.07) is 3.50. The van der Waals surface area contributed by atoms with E-state index in [1.54, 1.807) is 11.7 Å². The van der Waals surface area contributed by atoms with Gasteiger partial charge in [0.2, 0.25) is 0 Å². The maximum Gasteiger partial charge on any atom is 0.254 e. The molecule has 0 saturated carbocycles. The molecule has 0 aliphatic rings. The summed E-state index contributed by atoms with van der Waals surface area (Å²) >= 11 is 1.37. The van der Waals surface area contributed by atoms with Crippen LogP contribution in [0.25, 0.3) is 0 Å². The van der Waals surface area contributed by atoms with Gasteiger partial charge < -0.3 is 5.32 Å². The molecule has 0 atom stereocenters. The molecule has 88 valence electrons. The highest BCUT2D eigenvalue weighted by atomic mass is 32.1. The van der Waals surface area contributed by atoms with E-state index < -0.39 is 17.5 Å². The fourth-order valence-electron chi connectivity index (χ4n) is 1.27. The Hall–Kier alpha value is -1.82. The number of benzene rings is 1. The number of carbonyl (C=O) groups is 1. The zero-order valence-corrected chi connectivity index (χ0v) is 9.43. The first-order chi connectivity index (χ1) is 8.18. The van der Waals surface area contributed by atoms with Crippen molar-refractivity contribution in [2.75, 3.05) is 0 Å². The first kappa shape index (κ1) is 11.7. The number of carbonyl (C=O) groups excluding carboxylic acids is 1. The smallest absolute Gasteiger partial charge is 0.254 e. The lowest BCUT2D eigenvalue weighted by Crippen LogP contribution is -2.23. The van der Waals surface area contributed by atoms with Crippen LogP contribution in [0.2, 0.25) is 0 Å². The zero-order valence-electron chi connectivity index (χ0n) is 8.61. The minimum atomic E-state index is -1.13. The highest BCUT2D eigenvalue weighted by molar-refractivity contribution is 7.09. The minimum Gasteiger partial charge on any atom is -0.347 e. The summed E-state index contributed by atoms with van der Waals surface area (Å²) in [5.41, 5.74) is 1.33. The maximum atomic E-state index is 13.3. The second-order valence-corrected chi connectivity index (χ2v) is 4.22. The van der Waals surface area contributed by atoms with Gasteiger partial charge in [-0.15, -0.1) is 11.3 Å². The number of aromatic nitrogens is 1. The van der Waals surface area contributed by atoms with Crippen LogP contribution >= 0.6 is 11.3 Å². The second kappa shape index (κ2) is 5.01. The Labute approximate surface area is 100 Å². The third-order valence-corrected chi connectivity index (χ3v) is 2.88. The Balaban J connectivity index is 2.07. The average Bonchev–Trinajstić information content (AvgIpc) is 2.82. The highest BCUT2D eigenvalue weighted by Crippen LogP contribution is 2.11. The fraction of sp³-hybridized carbons (Fsp3) is 0.0909. The van der Waals surface area contributed by atoms with Gasteiger partial charge in [0.15, 0.2) is 11.6 Å². The van der Waals surface area contributed by atoms with Crippen molar-refractivity contribution in [2.24, 2.45) is 0 Å². The van der Waals surface area contributed by atoms with E-state index in [0.717, 1.165) is 10.9 Å². The molecule has 0 bridgehead atoms. The minimum absolute atomic E-state index is 0.249. The quantitative estimate of drug-likeness (QED) is 0.913. The van der Waals surface area contributed by atoms with E-state index in [1.165, 1.54) is 23.5 Å². The van der Waals surface area contributed by atoms with Gasteiger partial charge in [0, 0.05) is 11.1 Å². The molecule has 17 heavy (non-hydrogen) atoms. The van der Waals surface area contributed by atoms with E-state index in [9.17, 15) is 13.6 Å². The predicted molar refractivity (Wildman–Crippen MR) is 59.6 cm³/mol. The number of hydrogen-bond donors (Lipinski definition) is 1. The maximum absolute atomic E-state index is 13.3. The molecule has 1 aromatic carbocycles. The van der Waals surface area contributed by atoms with E-state index >= 15 is 0 Å². The molecule has 0 radical (unpaired) electrons. The largest absolute Gasteiger partial charge is 0.347 e. The fourth-order valence-corrected chi connectivity index (χ4v) is 1.81. The van der Waals surface area contributed by atoms with Crippen molar-refractivity contribution in [1.82, 2.24) is 10.3 Å². The Kier molecular flexibility index (Phi) is 3.43. The standard InChI is InChI=1S/C11H8F2N2OS/c12-9-3-1-2-8(10(9)13)11(16)15-5-7-4-14-6-17-7/h1-4,6H,5H2,(H,15,16). The Morgan fingerprint density at radius 3 is 2.94 bits per heavy atom. The van der Waals surface area contributed by atoms with Crippen molar-refractivity contribution in [3.63, 3.8) is 0 Å². The molecular weight excluding hydrogens is 246 g/mol. The first-order valence-electron chi connectivity index (χ1n) is 4.78. The van der Waals surface area contributed by atoms with Crippen LogP contribution in [0.4, 0.5) is 8.78 Å². The Morgan fingerprint density at radius 1 is 1.41 bits per heavy atom. The number of nitrogens with one attached hydrogen (secondary N) is 1. The van der Waals surface area contributed by atoms with Crippen LogP contribution in [-0.2, 0) is 6.54 Å². The Morgan fingerprint density at radius 2 is 2.24 bits per heavy atom. The van der Waals surface area contributed by atoms with E-state index in [-0.39, 0.29) is 12.1 Å². The molecule has 0 aliphatic heterocycles. The van der Waals surface area contributed by atoms with E-state index in [0.29, 0.717) is 0 Å². The van der Waals surface area contributed by atoms with Crippen molar-refractivity contribution in [3.05, 3.63) is 52.0 Å². The molecule has 0 unspecified atom stereocenters. The molecule has 1 amide bonds. The van der Waals surface area contributed by atoms with Crippen molar-refractivity contribution in [3.8, 4) is 0 Å². The van der Waals surface area contributed by atoms with Gasteiger partial charge in [-0.05, 0) is 12.1 Å². The number of nitrogens with zero attached hydrogens (tertiary/aromatic N) is 1. The van der Waals surface area contributed by atoms with E-state index in [4.69, 9.17) is 0 Å². The number of thiazole rings is 1. The van der Waals surface area contributed by atoms with Crippen LogP contribution < -0.4 is 5.32 Å². The molecule has 0 fully saturated rings. The van der Waals surface area contributed by atoms with Gasteiger partial charge in [0.05, 0.1) is 17.6 Å². The molecule has 0 saturated heterocycles. The Bertz CT molecular complexity index is 528. The molecule has 1 N–H and O–H groups in total. The van der Waals surface area contributed by atoms with Crippen LogP contribution in [-0.4, -0.2) is 10.9 Å². The molecule has 3 nitrogen and oxygen atoms in total. The van der Waals surface area contributed by atoms with Crippen molar-refractivity contribution in [1.29, 1.82) is 0 Å². The van der Waals surface area contributed by atoms with Crippen LogP contribution in [0, 0.1) is 11.6 Å². The normalized spacial score (nSPS) is 10.2. The zero-order chi connectivity index (χ0) is 12.3. The molecule has 0 aliphatic carbocycles. The summed E-state index contributed by atoms with van der Waals surface area (Å²) in [5.74, 6) is -2.81. The van der Waals surface area contributed by atoms with Gasteiger partial charge in [-0.2, -0.15) is 0 Å². The van der Waals surface area contributed by atoms with Gasteiger partial charge in [0.25, 0.3) is 5.91 Å². The SMILES string of the molecule is O=C(NCc1cncs1)c1cccc(F)c1F. The summed E-state index contributed by atoms with van der Waals surface area (Å²) < 4.78 is 26.2. The third kappa shape index (κ3) is 2.65. The second-order valence-electron chi connectivity index (χ2n) is 3.25. The molecule has 6 heteroatoms. The lowest BCUT2D eigenvalue weighted by molar-refractivity contribution is 0.0946. The van der Waals surface area contributed by atoms with Crippen molar-refractivity contribution < 1.29 is 13.6 Å². The summed E-state index contributed by atoms with van der Waals surface area (Å²) in [4.78, 5) is 16.3. The number of amides is 1. The molecule has 2 rings (SSSR count). The monoisotopic (exact) mass is 254 g/mol. The van der Waals surface area contributed by atoms with E-state index in [1.807, 2.05) is 0 Å². The van der Waals surface area contributed by atoms with Crippen LogP contribution in [0.3, 0.4) is 0 Å². The van der Waals surface area contributed by atoms with Crippen LogP contribution in [0.15, 0.2) is 29.9 Å². The topological polar surface area (TPSA) is 42.0 Å². The third-order valence-electron chi connectivity index (χ3n) is 2.10. The number of halogens is 2. The van der Waals surface area contributed by atoms with E-state index in [2.05, 4.69) is 10.3 Å². The van der Waals surface area contributed by atoms with Gasteiger partial charge in [-0.25, -0.2) is 8.78 Å². The van der Waals surface area contributed by atoms with Crippen molar-refractivity contribution in [2.45, 2.75) is 6.54 Å². The van der Waals surface area contributed by atoms with Gasteiger partial charge in [-0.3, -0.25) is 9.78 Å². The lowest BCUT2D eigenvalue weighted by atomic mass is 10.2. The first-order valence-corrected chi connectivity index (χ1v) is 5.66. The lowest BCUT2D eigenvalue weighted by Gasteiger charge is -2.04. The average molecular weight is 254 g/mol. The summed E-state index contributed by atoms with van der Waals surface area (Å²) in [6.45, 7) is 0.249. The molecule has 1 heterocycles. The summed E-state index contributed by atoms with van der Waals surface area (Å²) in [7, 11) is 0. The molecule has 0 spiro atoms. The van der Waals surface area contributed by atoms with Crippen molar-refractivity contribution >= 4 is 17.2 Å². The van der Waals surface area contributed by atoms with Gasteiger partial charge >= 0.3 is 0 Å². The van der Waals surface area contributed by atoms with Gasteiger partial charge in [0.1, 0.15) is 0 Å². The van der Waals surface area contributed by atoms with Crippen LogP contribution in [0.1, 0.15) is 15.2 Å². The highest BCUT2D eigenvalue weighted by Gasteiger charge is 2.14. The molecule has 2 aromatic rings. The van der Waals surface area contributed by atoms with Crippen LogP contribution in [0.5, 0.6) is 0 Å². The molecular formula is C11H8F2N2OS. The summed E-state index contributed by atoms with van der Waals surface area (Å²) in [6.07, 6.45) is 1.60. The number of rotatable bonds is 3. The predicted octanol–water partition coefficient (Wildman–Crippen LogP) is 2.35. The summed E-state index contributed by atoms with van der Waals surface area (Å²) in [5, 5.41) is 2.49. The van der Waals surface area contributed by atoms with Gasteiger partial charge in [-0.1, -0.05) is 6.07 Å². The number of hydrogen-bond acceptors (Lipinski definition) is 3.